The molecule has 2 heterocycles. The number of anilines is 1. The molecular weight excluding hydrogens is 487 g/mol. The first-order valence-corrected chi connectivity index (χ1v) is 13.4. The lowest BCUT2D eigenvalue weighted by Gasteiger charge is -2.34. The first-order chi connectivity index (χ1) is 16.2. The van der Waals surface area contributed by atoms with Gasteiger partial charge in [0.15, 0.2) is 0 Å². The van der Waals surface area contributed by atoms with Gasteiger partial charge < -0.3 is 5.32 Å². The van der Waals surface area contributed by atoms with E-state index >= 15 is 0 Å². The summed E-state index contributed by atoms with van der Waals surface area (Å²) < 4.78 is 0. The number of rotatable bonds is 5. The first kappa shape index (κ1) is 25.5. The number of hydrogen-bond donors (Lipinski definition) is 1. The minimum atomic E-state index is -0.0509. The Bertz CT molecular complexity index is 1070. The average molecular weight is 520 g/mol. The van der Waals surface area contributed by atoms with Crippen molar-refractivity contribution < 1.29 is 4.79 Å². The number of nitriles is 1. The molecule has 1 aromatic heterocycles. The van der Waals surface area contributed by atoms with Crippen LogP contribution in [0.5, 0.6) is 0 Å². The summed E-state index contributed by atoms with van der Waals surface area (Å²) in [5.41, 5.74) is 3.02. The van der Waals surface area contributed by atoms with Crippen molar-refractivity contribution in [2.24, 2.45) is 11.3 Å². The van der Waals surface area contributed by atoms with Crippen molar-refractivity contribution in [2.75, 3.05) is 38.0 Å². The first-order valence-electron chi connectivity index (χ1n) is 11.9. The van der Waals surface area contributed by atoms with Crippen molar-refractivity contribution in [1.29, 1.82) is 5.26 Å². The normalized spacial score (nSPS) is 19.5. The number of fused-ring (bicyclic) bond motifs is 1. The van der Waals surface area contributed by atoms with Crippen LogP contribution in [0, 0.1) is 22.7 Å². The molecule has 1 amide bonds. The fourth-order valence-electron chi connectivity index (χ4n) is 4.91. The molecule has 1 fully saturated rings. The summed E-state index contributed by atoms with van der Waals surface area (Å²) in [6.45, 7) is 11.2. The predicted molar refractivity (Wildman–Crippen MR) is 141 cm³/mol. The van der Waals surface area contributed by atoms with E-state index in [1.807, 2.05) is 18.2 Å². The van der Waals surface area contributed by atoms with E-state index in [0.29, 0.717) is 34.6 Å². The summed E-state index contributed by atoms with van der Waals surface area (Å²) in [6, 6.07) is 7.95. The van der Waals surface area contributed by atoms with Crippen molar-refractivity contribution in [3.8, 4) is 6.07 Å². The molecule has 0 spiro atoms. The molecule has 1 atom stereocenters. The van der Waals surface area contributed by atoms with Gasteiger partial charge >= 0.3 is 0 Å². The lowest BCUT2D eigenvalue weighted by molar-refractivity contribution is -0.117. The predicted octanol–water partition coefficient (Wildman–Crippen LogP) is 5.83. The number of carbonyl (C=O) groups is 1. The smallest absolute Gasteiger partial charge is 0.239 e. The summed E-state index contributed by atoms with van der Waals surface area (Å²) in [5.74, 6) is 0.552. The molecule has 2 aliphatic rings. The fraction of sp³-hybridized carbons (Fsp3) is 0.538. The molecule has 0 saturated carbocycles. The van der Waals surface area contributed by atoms with Crippen LogP contribution in [-0.4, -0.2) is 48.4 Å². The van der Waals surface area contributed by atoms with Crippen LogP contribution in [0.2, 0.25) is 10.0 Å². The van der Waals surface area contributed by atoms with Crippen LogP contribution in [0.3, 0.4) is 0 Å². The Kier molecular flexibility index (Phi) is 7.91. The van der Waals surface area contributed by atoms with Gasteiger partial charge in [-0.3, -0.25) is 14.6 Å². The van der Waals surface area contributed by atoms with Gasteiger partial charge in [0.25, 0.3) is 0 Å². The van der Waals surface area contributed by atoms with Crippen LogP contribution in [-0.2, 0) is 24.2 Å². The van der Waals surface area contributed by atoms with Crippen LogP contribution in [0.4, 0.5) is 5.00 Å². The topological polar surface area (TPSA) is 59.4 Å². The Morgan fingerprint density at radius 1 is 1.18 bits per heavy atom. The molecule has 4 rings (SSSR count). The highest BCUT2D eigenvalue weighted by molar-refractivity contribution is 7.16. The lowest BCUT2D eigenvalue weighted by atomic mass is 9.72. The molecule has 34 heavy (non-hydrogen) atoms. The Morgan fingerprint density at radius 2 is 1.82 bits per heavy atom. The van der Waals surface area contributed by atoms with Crippen LogP contribution >= 0.6 is 34.5 Å². The van der Waals surface area contributed by atoms with E-state index in [4.69, 9.17) is 23.2 Å². The highest BCUT2D eigenvalue weighted by Crippen LogP contribution is 2.44. The largest absolute Gasteiger partial charge is 0.315 e. The van der Waals surface area contributed by atoms with E-state index in [1.165, 1.54) is 4.88 Å². The molecule has 0 bridgehead atoms. The van der Waals surface area contributed by atoms with Crippen molar-refractivity contribution in [3.05, 3.63) is 49.8 Å². The van der Waals surface area contributed by atoms with Crippen molar-refractivity contribution in [1.82, 2.24) is 9.80 Å². The van der Waals surface area contributed by atoms with Gasteiger partial charge in [-0.05, 0) is 48.3 Å². The zero-order valence-electron chi connectivity index (χ0n) is 20.1. The second kappa shape index (κ2) is 10.6. The molecule has 1 unspecified atom stereocenters. The van der Waals surface area contributed by atoms with Gasteiger partial charge in [0.2, 0.25) is 5.91 Å². The van der Waals surface area contributed by atoms with Gasteiger partial charge in [0, 0.05) is 53.2 Å². The second-order valence-electron chi connectivity index (χ2n) is 10.4. The van der Waals surface area contributed by atoms with Crippen LogP contribution in [0.15, 0.2) is 18.2 Å². The second-order valence-corrected chi connectivity index (χ2v) is 12.3. The number of benzene rings is 1. The quantitative estimate of drug-likeness (QED) is 0.540. The Hall–Kier alpha value is -1.62. The van der Waals surface area contributed by atoms with Gasteiger partial charge in [-0.2, -0.15) is 5.26 Å². The molecule has 1 saturated heterocycles. The Morgan fingerprint density at radius 3 is 2.44 bits per heavy atom. The average Bonchev–Trinajstić information content (AvgIpc) is 3.12. The maximum atomic E-state index is 12.8. The highest BCUT2D eigenvalue weighted by atomic mass is 35.5. The Balaban J connectivity index is 1.32. The third-order valence-corrected chi connectivity index (χ3v) is 9.01. The van der Waals surface area contributed by atoms with Crippen molar-refractivity contribution in [3.63, 3.8) is 0 Å². The van der Waals surface area contributed by atoms with Crippen LogP contribution in [0.1, 0.15) is 48.8 Å². The molecular formula is C26H32Cl2N4OS. The molecule has 1 N–H and O–H groups in total. The molecule has 1 aliphatic heterocycles. The standard InChI is InChI=1S/C26H32Cl2N4OS/c1-26(2,3)17-7-8-18-19(14-29)25(34-23(18)13-17)30-24(33)16-32-11-9-31(10-12-32)15-20-21(27)5-4-6-22(20)28/h4-6,17H,7-13,15-16H2,1-3H3,(H,30,33). The molecule has 2 aromatic rings. The van der Waals surface area contributed by atoms with Gasteiger partial charge in [-0.25, -0.2) is 0 Å². The molecule has 8 heteroatoms. The van der Waals surface area contributed by atoms with Crippen molar-refractivity contribution in [2.45, 2.75) is 46.6 Å². The number of halogens is 2. The van der Waals surface area contributed by atoms with Crippen LogP contribution < -0.4 is 5.32 Å². The number of carbonyl (C=O) groups excluding carboxylic acids is 1. The zero-order valence-corrected chi connectivity index (χ0v) is 22.4. The van der Waals surface area contributed by atoms with Gasteiger partial charge in [0.1, 0.15) is 11.1 Å². The molecule has 1 aromatic carbocycles. The van der Waals surface area contributed by atoms with Crippen molar-refractivity contribution >= 4 is 45.4 Å². The van der Waals surface area contributed by atoms with Gasteiger partial charge in [-0.15, -0.1) is 11.3 Å². The number of amides is 1. The number of thiophene rings is 1. The van der Waals surface area contributed by atoms with E-state index < -0.39 is 0 Å². The number of nitrogens with one attached hydrogen (secondary N) is 1. The Labute approximate surface area is 216 Å². The fourth-order valence-corrected chi connectivity index (χ4v) is 6.72. The summed E-state index contributed by atoms with van der Waals surface area (Å²) in [5, 5.41) is 14.9. The van der Waals surface area contributed by atoms with E-state index in [1.54, 1.807) is 11.3 Å². The maximum absolute atomic E-state index is 12.8. The monoisotopic (exact) mass is 518 g/mol. The van der Waals surface area contributed by atoms with E-state index in [2.05, 4.69) is 42.0 Å². The molecule has 5 nitrogen and oxygen atoms in total. The summed E-state index contributed by atoms with van der Waals surface area (Å²) >= 11 is 14.2. The third-order valence-electron chi connectivity index (χ3n) is 7.13. The zero-order chi connectivity index (χ0) is 24.5. The summed E-state index contributed by atoms with van der Waals surface area (Å²) in [6.07, 6.45) is 3.01. The number of nitrogens with zero attached hydrogens (tertiary/aromatic N) is 3. The molecule has 0 radical (unpaired) electrons. The van der Waals surface area contributed by atoms with Crippen LogP contribution in [0.25, 0.3) is 0 Å². The summed E-state index contributed by atoms with van der Waals surface area (Å²) in [4.78, 5) is 18.6. The maximum Gasteiger partial charge on any atom is 0.239 e. The van der Waals surface area contributed by atoms with E-state index in [9.17, 15) is 10.1 Å². The molecule has 1 aliphatic carbocycles. The van der Waals surface area contributed by atoms with Gasteiger partial charge in [0.05, 0.1) is 12.1 Å². The van der Waals surface area contributed by atoms with E-state index in [0.717, 1.165) is 61.6 Å². The third kappa shape index (κ3) is 5.78. The van der Waals surface area contributed by atoms with Gasteiger partial charge in [-0.1, -0.05) is 50.0 Å². The lowest BCUT2D eigenvalue weighted by Crippen LogP contribution is -2.48. The van der Waals surface area contributed by atoms with E-state index in [-0.39, 0.29) is 11.3 Å². The number of hydrogen-bond acceptors (Lipinski definition) is 5. The number of piperazine rings is 1. The summed E-state index contributed by atoms with van der Waals surface area (Å²) in [7, 11) is 0. The highest BCUT2D eigenvalue weighted by Gasteiger charge is 2.32. The minimum absolute atomic E-state index is 0.0509. The molecule has 182 valence electrons. The minimum Gasteiger partial charge on any atom is -0.315 e. The SMILES string of the molecule is CC(C)(C)C1CCc2c(sc(NC(=O)CN3CCN(Cc4c(Cl)cccc4Cl)CC3)c2C#N)C1.